The number of hydrogen-bond donors (Lipinski definition) is 0. The number of rotatable bonds is 4. The minimum atomic E-state index is -4.57. The summed E-state index contributed by atoms with van der Waals surface area (Å²) in [7, 11) is 2.54. The molecule has 1 unspecified atom stereocenters. The molecule has 11 heteroatoms. The summed E-state index contributed by atoms with van der Waals surface area (Å²) in [6.07, 6.45) is -4.75. The van der Waals surface area contributed by atoms with Crippen molar-refractivity contribution in [3.8, 4) is 5.75 Å². The Morgan fingerprint density at radius 3 is 2.47 bits per heavy atom. The maximum atomic E-state index is 13.3. The number of carbonyl (C=O) groups excluding carboxylic acids is 1. The van der Waals surface area contributed by atoms with Crippen molar-refractivity contribution < 1.29 is 27.4 Å². The number of hydrogen-bond acceptors (Lipinski definition) is 6. The summed E-state index contributed by atoms with van der Waals surface area (Å²) in [6.45, 7) is 4.00. The number of carbonyl (C=O) groups is 1. The van der Waals surface area contributed by atoms with Crippen LogP contribution in [0.15, 0.2) is 29.3 Å². The van der Waals surface area contributed by atoms with E-state index in [-0.39, 0.29) is 23.2 Å². The lowest BCUT2D eigenvalue weighted by Gasteiger charge is -2.35. The van der Waals surface area contributed by atoms with Crippen molar-refractivity contribution in [1.29, 1.82) is 0 Å². The van der Waals surface area contributed by atoms with Gasteiger partial charge in [-0.15, -0.1) is 11.3 Å². The first-order valence-corrected chi connectivity index (χ1v) is 10.4. The van der Waals surface area contributed by atoms with Crippen molar-refractivity contribution in [2.75, 3.05) is 19.1 Å². The number of amidine groups is 1. The molecule has 0 amide bonds. The van der Waals surface area contributed by atoms with Crippen LogP contribution in [0.25, 0.3) is 0 Å². The first-order valence-electron chi connectivity index (χ1n) is 8.80. The molecule has 1 aliphatic rings. The average molecular weight is 483 g/mol. The predicted octanol–water partition coefficient (Wildman–Crippen LogP) is 6.81. The van der Waals surface area contributed by atoms with E-state index < -0.39 is 23.8 Å². The number of ether oxygens (including phenoxy) is 2. The van der Waals surface area contributed by atoms with E-state index in [4.69, 9.17) is 32.7 Å². The van der Waals surface area contributed by atoms with Crippen LogP contribution in [0.2, 0.25) is 4.34 Å². The highest BCUT2D eigenvalue weighted by atomic mass is 35.5. The summed E-state index contributed by atoms with van der Waals surface area (Å²) < 4.78 is 50.2. The molecule has 2 heterocycles. The summed E-state index contributed by atoms with van der Waals surface area (Å²) in [5.74, 6) is -0.426. The molecule has 0 bridgehead atoms. The van der Waals surface area contributed by atoms with E-state index in [2.05, 4.69) is 4.99 Å². The van der Waals surface area contributed by atoms with Crippen molar-refractivity contribution >= 4 is 57.2 Å². The lowest BCUT2D eigenvalue weighted by molar-refractivity contribution is -0.141. The number of methoxy groups -OCH3 is 2. The number of fused-ring (bicyclic) bond motifs is 1. The van der Waals surface area contributed by atoms with Crippen molar-refractivity contribution in [2.24, 2.45) is 4.99 Å². The van der Waals surface area contributed by atoms with Crippen LogP contribution in [-0.2, 0) is 15.7 Å². The van der Waals surface area contributed by atoms with Crippen molar-refractivity contribution in [3.05, 3.63) is 39.0 Å². The van der Waals surface area contributed by atoms with E-state index in [9.17, 15) is 18.0 Å². The molecule has 1 aromatic heterocycles. The molecule has 0 saturated carbocycles. The highest BCUT2D eigenvalue weighted by molar-refractivity contribution is 7.16. The van der Waals surface area contributed by atoms with E-state index in [1.165, 1.54) is 25.2 Å². The van der Waals surface area contributed by atoms with Gasteiger partial charge in [0.2, 0.25) is 5.29 Å². The van der Waals surface area contributed by atoms with Gasteiger partial charge in [0.1, 0.15) is 5.75 Å². The smallest absolute Gasteiger partial charge is 0.416 e. The minimum Gasteiger partial charge on any atom is -0.495 e. The predicted molar refractivity (Wildman–Crippen MR) is 113 cm³/mol. The summed E-state index contributed by atoms with van der Waals surface area (Å²) >= 11 is 13.6. The highest BCUT2D eigenvalue weighted by Crippen LogP contribution is 2.49. The molecule has 0 saturated heterocycles. The molecule has 5 nitrogen and oxygen atoms in total. The molecule has 0 fully saturated rings. The van der Waals surface area contributed by atoms with Crippen LogP contribution in [0.4, 0.5) is 24.5 Å². The summed E-state index contributed by atoms with van der Waals surface area (Å²) in [5, 5.41) is -0.117. The molecule has 1 aromatic carbocycles. The van der Waals surface area contributed by atoms with Crippen molar-refractivity contribution in [2.45, 2.75) is 32.5 Å². The van der Waals surface area contributed by atoms with E-state index in [0.717, 1.165) is 23.5 Å². The third kappa shape index (κ3) is 5.01. The van der Waals surface area contributed by atoms with Crippen LogP contribution in [-0.4, -0.2) is 25.5 Å². The summed E-state index contributed by atoms with van der Waals surface area (Å²) in [6, 6.07) is 3.81. The second-order valence-electron chi connectivity index (χ2n) is 5.73. The van der Waals surface area contributed by atoms with Crippen LogP contribution in [0, 0.1) is 0 Å². The normalized spacial score (nSPS) is 15.6. The van der Waals surface area contributed by atoms with Gasteiger partial charge in [-0.2, -0.15) is 13.2 Å². The number of esters is 1. The Morgan fingerprint density at radius 2 is 1.90 bits per heavy atom. The Kier molecular flexibility index (Phi) is 8.01. The quantitative estimate of drug-likeness (QED) is 0.354. The summed E-state index contributed by atoms with van der Waals surface area (Å²) in [5.41, 5.74) is -0.411. The molecule has 164 valence electrons. The van der Waals surface area contributed by atoms with E-state index in [1.54, 1.807) is 6.07 Å². The number of benzene rings is 1. The number of thiophene rings is 1. The highest BCUT2D eigenvalue weighted by Gasteiger charge is 2.38. The molecule has 0 aliphatic carbocycles. The van der Waals surface area contributed by atoms with Crippen LogP contribution in [0.5, 0.6) is 5.75 Å². The molecule has 0 N–H and O–H groups in total. The zero-order chi connectivity index (χ0) is 22.6. The molecule has 30 heavy (non-hydrogen) atoms. The van der Waals surface area contributed by atoms with Gasteiger partial charge in [-0.1, -0.05) is 25.4 Å². The number of anilines is 1. The third-order valence-corrected chi connectivity index (χ3v) is 5.71. The van der Waals surface area contributed by atoms with Gasteiger partial charge in [0.25, 0.3) is 0 Å². The largest absolute Gasteiger partial charge is 0.495 e. The molecule has 0 spiro atoms. The fourth-order valence-corrected chi connectivity index (χ4v) is 4.40. The first-order chi connectivity index (χ1) is 14.2. The number of aliphatic imine (C=N–C) groups is 1. The van der Waals surface area contributed by atoms with E-state index in [0.29, 0.717) is 14.9 Å². The fraction of sp³-hybridized carbons (Fsp3) is 0.368. The van der Waals surface area contributed by atoms with Crippen molar-refractivity contribution in [3.63, 3.8) is 0 Å². The van der Waals surface area contributed by atoms with Crippen LogP contribution < -0.4 is 9.64 Å². The number of halogens is 5. The van der Waals surface area contributed by atoms with Gasteiger partial charge >= 0.3 is 12.1 Å². The standard InChI is InChI=1S/C17H13Cl2F3N2O3S.C2H6/c1-26-12-4-3-8(17(20,21)22)5-10(12)24-11(7-14(25)27-2)15-9(23-16(24)19)6-13(18)28-15;1-2/h3-6,11H,7H2,1-2H3;1-2H3. The van der Waals surface area contributed by atoms with Crippen LogP contribution >= 0.6 is 34.5 Å². The van der Waals surface area contributed by atoms with Gasteiger partial charge in [0.15, 0.2) is 0 Å². The van der Waals surface area contributed by atoms with E-state index >= 15 is 0 Å². The van der Waals surface area contributed by atoms with Crippen LogP contribution in [0.1, 0.15) is 36.8 Å². The molecule has 1 aliphatic heterocycles. The lowest BCUT2D eigenvalue weighted by atomic mass is 10.1. The zero-order valence-corrected chi connectivity index (χ0v) is 18.8. The number of nitrogens with zero attached hydrogens (tertiary/aromatic N) is 2. The van der Waals surface area contributed by atoms with Gasteiger partial charge < -0.3 is 14.4 Å². The average Bonchev–Trinajstić information content (AvgIpc) is 3.08. The SMILES string of the molecule is CC.COC(=O)CC1c2sc(Cl)cc2N=C(Cl)N1c1cc(C(F)(F)F)ccc1OC. The van der Waals surface area contributed by atoms with Crippen LogP contribution in [0.3, 0.4) is 0 Å². The second-order valence-corrected chi connectivity index (χ2v) is 7.78. The minimum absolute atomic E-state index is 0.0233. The Labute approximate surface area is 186 Å². The molecule has 3 rings (SSSR count). The van der Waals surface area contributed by atoms with Gasteiger partial charge in [0, 0.05) is 0 Å². The second kappa shape index (κ2) is 9.89. The third-order valence-electron chi connectivity index (χ3n) is 4.09. The Hall–Kier alpha value is -1.97. The maximum absolute atomic E-state index is 13.3. The Balaban J connectivity index is 0.00000155. The van der Waals surface area contributed by atoms with Gasteiger partial charge in [-0.25, -0.2) is 4.99 Å². The lowest BCUT2D eigenvalue weighted by Crippen LogP contribution is -2.35. The fourth-order valence-electron chi connectivity index (χ4n) is 2.84. The van der Waals surface area contributed by atoms with Crippen molar-refractivity contribution in [1.82, 2.24) is 0 Å². The molecular formula is C19H19Cl2F3N2O3S. The topological polar surface area (TPSA) is 51.1 Å². The molecular weight excluding hydrogens is 464 g/mol. The van der Waals surface area contributed by atoms with Gasteiger partial charge in [-0.05, 0) is 35.9 Å². The number of alkyl halides is 3. The zero-order valence-electron chi connectivity index (χ0n) is 16.5. The monoisotopic (exact) mass is 482 g/mol. The first kappa shape index (κ1) is 24.3. The maximum Gasteiger partial charge on any atom is 0.416 e. The summed E-state index contributed by atoms with van der Waals surface area (Å²) in [4.78, 5) is 18.1. The molecule has 2 aromatic rings. The molecule has 1 atom stereocenters. The van der Waals surface area contributed by atoms with E-state index in [1.807, 2.05) is 13.8 Å². The Morgan fingerprint density at radius 1 is 1.23 bits per heavy atom. The molecule has 0 radical (unpaired) electrons. The Bertz CT molecular complexity index is 948. The van der Waals surface area contributed by atoms with Gasteiger partial charge in [-0.3, -0.25) is 4.79 Å². The van der Waals surface area contributed by atoms with Gasteiger partial charge in [0.05, 0.1) is 52.8 Å².